The van der Waals surface area contributed by atoms with Gasteiger partial charge in [-0.15, -0.1) is 0 Å². The number of ether oxygens (including phenoxy) is 2. The van der Waals surface area contributed by atoms with Gasteiger partial charge in [0.1, 0.15) is 22.9 Å². The zero-order valence-electron chi connectivity index (χ0n) is 23.0. The first-order chi connectivity index (χ1) is 19.5. The van der Waals surface area contributed by atoms with Gasteiger partial charge in [-0.1, -0.05) is 29.8 Å². The summed E-state index contributed by atoms with van der Waals surface area (Å²) in [6.07, 6.45) is 1.69. The van der Waals surface area contributed by atoms with Crippen LogP contribution in [0.3, 0.4) is 0 Å². The molecule has 41 heavy (non-hydrogen) atoms. The van der Waals surface area contributed by atoms with Crippen molar-refractivity contribution in [3.8, 4) is 11.5 Å². The van der Waals surface area contributed by atoms with Gasteiger partial charge in [0.25, 0.3) is 10.0 Å². The molecule has 1 fully saturated rings. The highest BCUT2D eigenvalue weighted by atomic mass is 35.5. The molecular formula is C28H32ClN3O7S2. The minimum absolute atomic E-state index is 0.0634. The first-order valence-corrected chi connectivity index (χ1v) is 16.1. The molecule has 4 rings (SSSR count). The number of carbonyl (C=O) groups excluding carboxylic acids is 1. The molecular weight excluding hydrogens is 590 g/mol. The molecule has 0 aromatic heterocycles. The third-order valence-corrected chi connectivity index (χ3v) is 10.7. The minimum atomic E-state index is -4.29. The number of aryl methyl sites for hydroxylation is 1. The quantitative estimate of drug-likeness (QED) is 0.344. The van der Waals surface area contributed by atoms with Crippen LogP contribution in [0, 0.1) is 6.92 Å². The number of hydrogen-bond acceptors (Lipinski definition) is 7. The molecule has 13 heteroatoms. The van der Waals surface area contributed by atoms with Crippen LogP contribution in [0.2, 0.25) is 5.02 Å². The molecule has 10 nitrogen and oxygen atoms in total. The Hall–Kier alpha value is -3.32. The predicted molar refractivity (Wildman–Crippen MR) is 157 cm³/mol. The van der Waals surface area contributed by atoms with Gasteiger partial charge in [0, 0.05) is 19.6 Å². The van der Waals surface area contributed by atoms with Gasteiger partial charge in [0.2, 0.25) is 15.9 Å². The summed E-state index contributed by atoms with van der Waals surface area (Å²) in [5, 5.41) is 2.89. The van der Waals surface area contributed by atoms with Crippen molar-refractivity contribution in [1.29, 1.82) is 0 Å². The Bertz CT molecular complexity index is 1620. The number of sulfonamides is 2. The van der Waals surface area contributed by atoms with Crippen molar-refractivity contribution in [3.63, 3.8) is 0 Å². The summed E-state index contributed by atoms with van der Waals surface area (Å²) < 4.78 is 66.3. The molecule has 0 spiro atoms. The van der Waals surface area contributed by atoms with E-state index in [-0.39, 0.29) is 32.8 Å². The number of amides is 1. The molecule has 1 aliphatic heterocycles. The lowest BCUT2D eigenvalue weighted by Crippen LogP contribution is -2.40. The second-order valence-corrected chi connectivity index (χ2v) is 13.7. The van der Waals surface area contributed by atoms with Crippen molar-refractivity contribution in [1.82, 2.24) is 9.62 Å². The van der Waals surface area contributed by atoms with Crippen molar-refractivity contribution >= 4 is 43.2 Å². The lowest BCUT2D eigenvalue weighted by Gasteiger charge is -2.25. The molecule has 0 unspecified atom stereocenters. The normalized spacial score (nSPS) is 14.0. The fourth-order valence-corrected chi connectivity index (χ4v) is 7.90. The first kappa shape index (κ1) is 30.6. The van der Waals surface area contributed by atoms with Gasteiger partial charge < -0.3 is 14.8 Å². The van der Waals surface area contributed by atoms with E-state index >= 15 is 0 Å². The molecule has 0 radical (unpaired) electrons. The standard InChI is InChI=1S/C28H32ClN3O7S2/c1-20-6-12-26(39-3)27(16-20)41(36,37)32(22-9-13-25(38-2)24(29)17-22)19-28(33)30-18-21-7-10-23(11-8-21)40(34,35)31-14-4-5-15-31/h6-13,16-17H,4-5,14-15,18-19H2,1-3H3,(H,30,33). The van der Waals surface area contributed by atoms with Crippen LogP contribution < -0.4 is 19.1 Å². The Morgan fingerprint density at radius 3 is 2.17 bits per heavy atom. The van der Waals surface area contributed by atoms with Gasteiger partial charge in [-0.05, 0) is 73.4 Å². The monoisotopic (exact) mass is 621 g/mol. The highest BCUT2D eigenvalue weighted by Crippen LogP contribution is 2.34. The fraction of sp³-hybridized carbons (Fsp3) is 0.321. The van der Waals surface area contributed by atoms with Crippen molar-refractivity contribution in [2.45, 2.75) is 36.1 Å². The van der Waals surface area contributed by atoms with Crippen LogP contribution >= 0.6 is 11.6 Å². The summed E-state index contributed by atoms with van der Waals surface area (Å²) in [5.41, 5.74) is 1.50. The Morgan fingerprint density at radius 2 is 1.56 bits per heavy atom. The molecule has 0 atom stereocenters. The predicted octanol–water partition coefficient (Wildman–Crippen LogP) is 3.96. The van der Waals surface area contributed by atoms with Crippen LogP contribution in [-0.4, -0.2) is 60.9 Å². The molecule has 1 aliphatic rings. The van der Waals surface area contributed by atoms with Gasteiger partial charge >= 0.3 is 0 Å². The Balaban J connectivity index is 1.56. The van der Waals surface area contributed by atoms with Gasteiger partial charge in [0.05, 0.1) is 29.8 Å². The number of halogens is 1. The summed E-state index contributed by atoms with van der Waals surface area (Å²) >= 11 is 6.30. The van der Waals surface area contributed by atoms with Crippen molar-refractivity contribution in [3.05, 3.63) is 76.8 Å². The Labute approximate surface area is 245 Å². The second kappa shape index (κ2) is 12.7. The Kier molecular flexibility index (Phi) is 9.48. The molecule has 3 aromatic rings. The number of hydrogen-bond donors (Lipinski definition) is 1. The van der Waals surface area contributed by atoms with E-state index in [1.165, 1.54) is 54.9 Å². The van der Waals surface area contributed by atoms with Crippen LogP contribution in [0.1, 0.15) is 24.0 Å². The average Bonchev–Trinajstić information content (AvgIpc) is 3.51. The molecule has 1 N–H and O–H groups in total. The summed E-state index contributed by atoms with van der Waals surface area (Å²) in [7, 11) is -5.03. The number of methoxy groups -OCH3 is 2. The highest BCUT2D eigenvalue weighted by Gasteiger charge is 2.31. The van der Waals surface area contributed by atoms with Crippen LogP contribution in [0.4, 0.5) is 5.69 Å². The zero-order valence-corrected chi connectivity index (χ0v) is 25.4. The maximum absolute atomic E-state index is 13.9. The molecule has 3 aromatic carbocycles. The van der Waals surface area contributed by atoms with Crippen LogP contribution in [0.5, 0.6) is 11.5 Å². The number of nitrogens with one attached hydrogen (secondary N) is 1. The molecule has 220 valence electrons. The molecule has 1 heterocycles. The topological polar surface area (TPSA) is 122 Å². The number of carbonyl (C=O) groups is 1. The summed E-state index contributed by atoms with van der Waals surface area (Å²) in [6.45, 7) is 2.28. The number of benzene rings is 3. The van der Waals surface area contributed by atoms with E-state index in [1.54, 1.807) is 31.2 Å². The molecule has 0 bridgehead atoms. The van der Waals surface area contributed by atoms with Crippen LogP contribution in [0.25, 0.3) is 0 Å². The maximum atomic E-state index is 13.9. The largest absolute Gasteiger partial charge is 0.495 e. The minimum Gasteiger partial charge on any atom is -0.495 e. The van der Waals surface area contributed by atoms with Crippen LogP contribution in [-0.2, 0) is 31.4 Å². The van der Waals surface area contributed by atoms with Crippen molar-refractivity contribution < 1.29 is 31.1 Å². The molecule has 1 saturated heterocycles. The van der Waals surface area contributed by atoms with Gasteiger partial charge in [-0.2, -0.15) is 4.31 Å². The molecule has 1 amide bonds. The van der Waals surface area contributed by atoms with E-state index in [0.29, 0.717) is 30.0 Å². The number of rotatable bonds is 11. The Morgan fingerprint density at radius 1 is 0.927 bits per heavy atom. The van der Waals surface area contributed by atoms with Gasteiger partial charge in [-0.3, -0.25) is 9.10 Å². The summed E-state index contributed by atoms with van der Waals surface area (Å²) in [4.78, 5) is 13.2. The number of anilines is 1. The summed E-state index contributed by atoms with van der Waals surface area (Å²) in [5.74, 6) is -0.106. The number of nitrogens with zero attached hydrogens (tertiary/aromatic N) is 2. The van der Waals surface area contributed by atoms with E-state index in [9.17, 15) is 21.6 Å². The van der Waals surface area contributed by atoms with Crippen molar-refractivity contribution in [2.24, 2.45) is 0 Å². The SMILES string of the molecule is COc1ccc(N(CC(=O)NCc2ccc(S(=O)(=O)N3CCCC3)cc2)S(=O)(=O)c2cc(C)ccc2OC)cc1Cl. The molecule has 0 saturated carbocycles. The second-order valence-electron chi connectivity index (χ2n) is 9.52. The highest BCUT2D eigenvalue weighted by molar-refractivity contribution is 7.93. The van der Waals surface area contributed by atoms with E-state index in [2.05, 4.69) is 5.32 Å². The maximum Gasteiger partial charge on any atom is 0.268 e. The lowest BCUT2D eigenvalue weighted by atomic mass is 10.2. The van der Waals surface area contributed by atoms with E-state index < -0.39 is 32.5 Å². The van der Waals surface area contributed by atoms with E-state index in [4.69, 9.17) is 21.1 Å². The van der Waals surface area contributed by atoms with Crippen molar-refractivity contribution in [2.75, 3.05) is 38.2 Å². The summed E-state index contributed by atoms with van der Waals surface area (Å²) in [6, 6.07) is 15.4. The average molecular weight is 622 g/mol. The van der Waals surface area contributed by atoms with Gasteiger partial charge in [-0.25, -0.2) is 16.8 Å². The van der Waals surface area contributed by atoms with Gasteiger partial charge in [0.15, 0.2) is 0 Å². The zero-order chi connectivity index (χ0) is 29.8. The first-order valence-electron chi connectivity index (χ1n) is 12.8. The van der Waals surface area contributed by atoms with E-state index in [1.807, 2.05) is 0 Å². The molecule has 0 aliphatic carbocycles. The van der Waals surface area contributed by atoms with E-state index in [0.717, 1.165) is 17.1 Å². The third kappa shape index (κ3) is 6.78. The third-order valence-electron chi connectivity index (χ3n) is 6.71. The lowest BCUT2D eigenvalue weighted by molar-refractivity contribution is -0.119. The van der Waals surface area contributed by atoms with Crippen LogP contribution in [0.15, 0.2) is 70.5 Å². The smallest absolute Gasteiger partial charge is 0.268 e. The fourth-order valence-electron chi connectivity index (χ4n) is 4.47.